The summed E-state index contributed by atoms with van der Waals surface area (Å²) in [7, 11) is 0. The smallest absolute Gasteiger partial charge is 0.306 e. The number of carbonyl (C=O) groups is 1. The van der Waals surface area contributed by atoms with Crippen molar-refractivity contribution >= 4 is 5.97 Å². The number of carboxylic acids is 1. The Hall–Kier alpha value is -0.107. The predicted molar refractivity (Wildman–Crippen MR) is 44.2 cm³/mol. The molecule has 1 rings (SSSR count). The summed E-state index contributed by atoms with van der Waals surface area (Å²) in [5, 5.41) is 8.31. The molecule has 0 aliphatic carbocycles. The molecule has 1 aromatic carbocycles. The fraction of sp³-hybridized carbons (Fsp3) is 0.222. The minimum atomic E-state index is -0.842. The standard InChI is InChI=1S/C9H10O3.Mn.Zr/c10-9(11)6-7-12-8-4-2-1-3-5-8;;/h1-5H,6-7H2,(H,10,11);;. The first-order chi connectivity index (χ1) is 5.79. The molecule has 0 amide bonds. The van der Waals surface area contributed by atoms with E-state index in [0.29, 0.717) is 5.75 Å². The van der Waals surface area contributed by atoms with E-state index >= 15 is 0 Å². The van der Waals surface area contributed by atoms with Gasteiger partial charge >= 0.3 is 5.97 Å². The zero-order valence-electron chi connectivity index (χ0n) is 7.44. The van der Waals surface area contributed by atoms with Gasteiger partial charge in [0.15, 0.2) is 0 Å². The van der Waals surface area contributed by atoms with Gasteiger partial charge in [-0.15, -0.1) is 0 Å². The van der Waals surface area contributed by atoms with Crippen molar-refractivity contribution < 1.29 is 57.9 Å². The summed E-state index contributed by atoms with van der Waals surface area (Å²) < 4.78 is 5.14. The number of hydrogen-bond acceptors (Lipinski definition) is 2. The van der Waals surface area contributed by atoms with Crippen LogP contribution in [0, 0.1) is 0 Å². The third kappa shape index (κ3) is 7.31. The number of rotatable bonds is 4. The molecule has 0 aliphatic rings. The van der Waals surface area contributed by atoms with E-state index in [-0.39, 0.29) is 56.3 Å². The number of benzene rings is 1. The van der Waals surface area contributed by atoms with Crippen LogP contribution in [0.25, 0.3) is 0 Å². The van der Waals surface area contributed by atoms with Crippen molar-refractivity contribution in [3.05, 3.63) is 30.3 Å². The maximum absolute atomic E-state index is 10.1. The summed E-state index contributed by atoms with van der Waals surface area (Å²) in [5.74, 6) is -0.135. The molecule has 0 atom stereocenters. The van der Waals surface area contributed by atoms with Gasteiger partial charge in [0.2, 0.25) is 0 Å². The van der Waals surface area contributed by atoms with Gasteiger partial charge in [-0.2, -0.15) is 0 Å². The van der Waals surface area contributed by atoms with Crippen LogP contribution in [0.3, 0.4) is 0 Å². The van der Waals surface area contributed by atoms with Gasteiger partial charge in [-0.1, -0.05) is 18.2 Å². The van der Waals surface area contributed by atoms with E-state index in [9.17, 15) is 4.79 Å². The van der Waals surface area contributed by atoms with Crippen molar-refractivity contribution in [3.63, 3.8) is 0 Å². The van der Waals surface area contributed by atoms with E-state index in [1.807, 2.05) is 18.2 Å². The number of hydrogen-bond donors (Lipinski definition) is 1. The largest absolute Gasteiger partial charge is 0.493 e. The van der Waals surface area contributed by atoms with Gasteiger partial charge < -0.3 is 9.84 Å². The van der Waals surface area contributed by atoms with Crippen LogP contribution in [-0.4, -0.2) is 17.7 Å². The first kappa shape index (κ1) is 16.3. The molecule has 5 heteroatoms. The summed E-state index contributed by atoms with van der Waals surface area (Å²) in [5.41, 5.74) is 0. The second-order valence-electron chi connectivity index (χ2n) is 2.31. The van der Waals surface area contributed by atoms with Crippen molar-refractivity contribution in [3.8, 4) is 5.75 Å². The molecular formula is C9H10MnO3Zr. The zero-order chi connectivity index (χ0) is 8.81. The van der Waals surface area contributed by atoms with Crippen molar-refractivity contribution in [1.82, 2.24) is 0 Å². The Morgan fingerprint density at radius 2 is 1.86 bits per heavy atom. The van der Waals surface area contributed by atoms with Crippen molar-refractivity contribution in [2.45, 2.75) is 6.42 Å². The van der Waals surface area contributed by atoms with Crippen LogP contribution >= 0.6 is 0 Å². The van der Waals surface area contributed by atoms with Crippen LogP contribution in [0.15, 0.2) is 30.3 Å². The Labute approximate surface area is 112 Å². The second kappa shape index (κ2) is 9.45. The zero-order valence-corrected chi connectivity index (χ0v) is 11.1. The first-order valence-electron chi connectivity index (χ1n) is 3.68. The number of aliphatic carboxylic acids is 1. The fourth-order valence-electron chi connectivity index (χ4n) is 0.773. The maximum Gasteiger partial charge on any atom is 0.306 e. The summed E-state index contributed by atoms with van der Waals surface area (Å²) in [6, 6.07) is 9.15. The second-order valence-corrected chi connectivity index (χ2v) is 2.31. The van der Waals surface area contributed by atoms with Crippen LogP contribution in [0.1, 0.15) is 6.42 Å². The number of ether oxygens (including phenoxy) is 1. The van der Waals surface area contributed by atoms with Gasteiger partial charge in [-0.25, -0.2) is 0 Å². The van der Waals surface area contributed by atoms with E-state index in [1.165, 1.54) is 0 Å². The molecule has 0 spiro atoms. The van der Waals surface area contributed by atoms with Crippen LogP contribution in [0.4, 0.5) is 0 Å². The van der Waals surface area contributed by atoms with E-state index < -0.39 is 5.97 Å². The van der Waals surface area contributed by atoms with Crippen LogP contribution in [0.2, 0.25) is 0 Å². The molecule has 0 aliphatic heterocycles. The van der Waals surface area contributed by atoms with E-state index in [0.717, 1.165) is 0 Å². The Morgan fingerprint density at radius 1 is 1.29 bits per heavy atom. The van der Waals surface area contributed by atoms with Gasteiger partial charge in [0, 0.05) is 43.3 Å². The molecule has 0 fully saturated rings. The van der Waals surface area contributed by atoms with Gasteiger partial charge in [0.25, 0.3) is 0 Å². The van der Waals surface area contributed by atoms with Gasteiger partial charge in [-0.3, -0.25) is 4.79 Å². The van der Waals surface area contributed by atoms with Crippen molar-refractivity contribution in [2.75, 3.05) is 6.61 Å². The normalized spacial score (nSPS) is 8.00. The van der Waals surface area contributed by atoms with Gasteiger partial charge in [0.05, 0.1) is 13.0 Å². The quantitative estimate of drug-likeness (QED) is 0.858. The Bertz CT molecular complexity index is 253. The summed E-state index contributed by atoms with van der Waals surface area (Å²) in [6.45, 7) is 0.222. The molecule has 0 unspecified atom stereocenters. The summed E-state index contributed by atoms with van der Waals surface area (Å²) in [6.07, 6.45) is 0.0366. The molecular weight excluding hydrogens is 302 g/mol. The molecule has 1 radical (unpaired) electrons. The fourth-order valence-corrected chi connectivity index (χ4v) is 0.773. The summed E-state index contributed by atoms with van der Waals surface area (Å²) >= 11 is 0. The molecule has 0 saturated heterocycles. The van der Waals surface area contributed by atoms with E-state index in [4.69, 9.17) is 9.84 Å². The minimum Gasteiger partial charge on any atom is -0.493 e. The molecule has 1 aromatic rings. The Kier molecular flexibility index (Phi) is 11.0. The third-order valence-electron chi connectivity index (χ3n) is 1.33. The average molecular weight is 312 g/mol. The average Bonchev–Trinajstić information content (AvgIpc) is 2.05. The molecule has 0 aromatic heterocycles. The van der Waals surface area contributed by atoms with Crippen molar-refractivity contribution in [1.29, 1.82) is 0 Å². The Balaban J connectivity index is 0. The molecule has 0 bridgehead atoms. The molecule has 14 heavy (non-hydrogen) atoms. The molecule has 75 valence electrons. The van der Waals surface area contributed by atoms with Crippen LogP contribution in [0.5, 0.6) is 5.75 Å². The van der Waals surface area contributed by atoms with E-state index in [1.54, 1.807) is 12.1 Å². The summed E-state index contributed by atoms with van der Waals surface area (Å²) in [4.78, 5) is 10.1. The first-order valence-corrected chi connectivity index (χ1v) is 3.68. The topological polar surface area (TPSA) is 46.5 Å². The number of para-hydroxylation sites is 1. The van der Waals surface area contributed by atoms with Crippen LogP contribution < -0.4 is 4.74 Å². The minimum absolute atomic E-state index is 0. The maximum atomic E-state index is 10.1. The van der Waals surface area contributed by atoms with Crippen molar-refractivity contribution in [2.24, 2.45) is 0 Å². The molecule has 0 heterocycles. The van der Waals surface area contributed by atoms with Crippen LogP contribution in [-0.2, 0) is 48.1 Å². The molecule has 0 saturated carbocycles. The molecule has 3 nitrogen and oxygen atoms in total. The Morgan fingerprint density at radius 3 is 2.36 bits per heavy atom. The van der Waals surface area contributed by atoms with Gasteiger partial charge in [0.1, 0.15) is 5.75 Å². The molecule has 1 N–H and O–H groups in total. The van der Waals surface area contributed by atoms with Gasteiger partial charge in [-0.05, 0) is 12.1 Å². The van der Waals surface area contributed by atoms with E-state index in [2.05, 4.69) is 0 Å². The predicted octanol–water partition coefficient (Wildman–Crippen LogP) is 1.54. The monoisotopic (exact) mass is 311 g/mol. The third-order valence-corrected chi connectivity index (χ3v) is 1.33. The SMILES string of the molecule is O=C(O)CCOc1ccccc1.[Mn].[Zr]. The number of carboxylic acid groups (broad SMARTS) is 1.